The van der Waals surface area contributed by atoms with Gasteiger partial charge in [0, 0.05) is 0 Å². The number of carboxylic acids is 1. The fourth-order valence-corrected chi connectivity index (χ4v) is 0.304. The molecular weight excluding hydrogens is 182 g/mol. The van der Waals surface area contributed by atoms with Crippen molar-refractivity contribution in [2.45, 2.75) is 12.5 Å². The van der Waals surface area contributed by atoms with Crippen molar-refractivity contribution >= 4 is 18.0 Å². The van der Waals surface area contributed by atoms with E-state index in [1.165, 1.54) is 0 Å². The molecule has 0 bridgehead atoms. The minimum atomic E-state index is -1.33. The summed E-state index contributed by atoms with van der Waals surface area (Å²) in [5.74, 6) is -1.92. The van der Waals surface area contributed by atoms with Gasteiger partial charge in [0.2, 0.25) is 5.91 Å². The van der Waals surface area contributed by atoms with Gasteiger partial charge in [-0.15, -0.1) is 0 Å². The van der Waals surface area contributed by atoms with Crippen LogP contribution in [0.5, 0.6) is 0 Å². The molecule has 0 aliphatic rings. The van der Waals surface area contributed by atoms with Gasteiger partial charge < -0.3 is 27.4 Å². The number of carbonyl (C=O) groups excluding carboxylic acids is 1. The molecule has 0 aromatic rings. The number of hydrogen-bond acceptors (Lipinski definition) is 4. The number of carbonyl (C=O) groups is 3. The van der Waals surface area contributed by atoms with Crippen LogP contribution in [0.2, 0.25) is 0 Å². The lowest BCUT2D eigenvalue weighted by Crippen LogP contribution is -2.34. The predicted molar refractivity (Wildman–Crippen MR) is 41.6 cm³/mol. The van der Waals surface area contributed by atoms with Crippen LogP contribution in [0, 0.1) is 0 Å². The van der Waals surface area contributed by atoms with Crippen LogP contribution in [-0.2, 0) is 9.59 Å². The Balaban J connectivity index is 0. The van der Waals surface area contributed by atoms with Gasteiger partial charge in [-0.3, -0.25) is 9.59 Å². The summed E-state index contributed by atoms with van der Waals surface area (Å²) in [6.07, 6.45) is -1.64. The molecule has 0 saturated heterocycles. The van der Waals surface area contributed by atoms with Gasteiger partial charge >= 0.3 is 12.1 Å². The predicted octanol–water partition coefficient (Wildman–Crippen LogP) is -2.10. The van der Waals surface area contributed by atoms with Gasteiger partial charge in [0.15, 0.2) is 0 Å². The molecule has 0 aliphatic heterocycles. The number of carboxylic acid groups (broad SMARTS) is 2. The van der Waals surface area contributed by atoms with Crippen molar-refractivity contribution in [3.05, 3.63) is 0 Å². The molecule has 0 spiro atoms. The molecule has 0 rings (SSSR count). The maximum absolute atomic E-state index is 9.99. The minimum absolute atomic E-state index is 0.310. The molecule has 8 heteroatoms. The van der Waals surface area contributed by atoms with Gasteiger partial charge in [-0.05, 0) is 0 Å². The largest absolute Gasteiger partial charge is 0.480 e. The lowest BCUT2D eigenvalue weighted by molar-refractivity contribution is -0.140. The maximum atomic E-state index is 9.99. The smallest absolute Gasteiger partial charge is 0.402 e. The first-order chi connectivity index (χ1) is 5.77. The molecule has 0 saturated carbocycles. The van der Waals surface area contributed by atoms with E-state index in [1.54, 1.807) is 0 Å². The van der Waals surface area contributed by atoms with Crippen LogP contribution in [0.3, 0.4) is 0 Å². The number of amides is 2. The maximum Gasteiger partial charge on any atom is 0.402 e. The molecule has 1 atom stereocenters. The van der Waals surface area contributed by atoms with Gasteiger partial charge in [0.05, 0.1) is 6.42 Å². The minimum Gasteiger partial charge on any atom is -0.480 e. The van der Waals surface area contributed by atoms with E-state index in [9.17, 15) is 9.59 Å². The summed E-state index contributed by atoms with van der Waals surface area (Å²) >= 11 is 0. The van der Waals surface area contributed by atoms with Gasteiger partial charge in [-0.2, -0.15) is 0 Å². The monoisotopic (exact) mass is 193 g/mol. The summed E-state index contributed by atoms with van der Waals surface area (Å²) in [6.45, 7) is 0. The number of hydrogen-bond donors (Lipinski definition) is 5. The highest BCUT2D eigenvalue weighted by atomic mass is 16.4. The zero-order valence-corrected chi connectivity index (χ0v) is 6.64. The van der Waals surface area contributed by atoms with Crippen LogP contribution in [0.4, 0.5) is 4.79 Å². The van der Waals surface area contributed by atoms with E-state index in [1.807, 2.05) is 0 Å². The van der Waals surface area contributed by atoms with Crippen molar-refractivity contribution in [2.75, 3.05) is 0 Å². The van der Waals surface area contributed by atoms with Crippen LogP contribution in [0.1, 0.15) is 6.42 Å². The Morgan fingerprint density at radius 1 is 1.15 bits per heavy atom. The second-order valence-corrected chi connectivity index (χ2v) is 1.95. The van der Waals surface area contributed by atoms with Crippen LogP contribution in [0.25, 0.3) is 0 Å². The number of aliphatic carboxylic acids is 1. The van der Waals surface area contributed by atoms with Gasteiger partial charge in [-0.25, -0.2) is 4.79 Å². The molecule has 0 aliphatic carbocycles. The van der Waals surface area contributed by atoms with Crippen molar-refractivity contribution in [2.24, 2.45) is 17.2 Å². The van der Waals surface area contributed by atoms with Crippen LogP contribution < -0.4 is 17.2 Å². The Morgan fingerprint density at radius 2 is 1.46 bits per heavy atom. The molecule has 13 heavy (non-hydrogen) atoms. The van der Waals surface area contributed by atoms with Crippen molar-refractivity contribution in [1.29, 1.82) is 0 Å². The normalized spacial score (nSPS) is 10.5. The first kappa shape index (κ1) is 13.7. The molecule has 76 valence electrons. The lowest BCUT2D eigenvalue weighted by Gasteiger charge is -1.99. The number of primary amides is 2. The fraction of sp³-hybridized carbons (Fsp3) is 0.400. The summed E-state index contributed by atoms with van der Waals surface area (Å²) in [5.41, 5.74) is 13.6. The highest BCUT2D eigenvalue weighted by Gasteiger charge is 2.13. The molecule has 2 amide bonds. The molecule has 0 heterocycles. The second-order valence-electron chi connectivity index (χ2n) is 1.95. The molecule has 1 unspecified atom stereocenters. The Bertz CT molecular complexity index is 200. The standard InChI is InChI=1S/C4H8N2O3.CH3NO2/c5-2(4(8)9)1-3(6)7;2-1(3)4/h2H,1,5H2,(H2,6,7)(H,8,9);2H2,(H,3,4). The van der Waals surface area contributed by atoms with Crippen molar-refractivity contribution < 1.29 is 24.6 Å². The van der Waals surface area contributed by atoms with Crippen molar-refractivity contribution in [1.82, 2.24) is 0 Å². The highest BCUT2D eigenvalue weighted by molar-refractivity contribution is 5.83. The third-order valence-corrected chi connectivity index (χ3v) is 0.738. The Kier molecular flexibility index (Phi) is 7.24. The topological polar surface area (TPSA) is 170 Å². The zero-order valence-electron chi connectivity index (χ0n) is 6.64. The fourth-order valence-electron chi connectivity index (χ4n) is 0.304. The van der Waals surface area contributed by atoms with E-state index in [2.05, 4.69) is 11.5 Å². The van der Waals surface area contributed by atoms with Gasteiger partial charge in [-0.1, -0.05) is 0 Å². The molecule has 0 fully saturated rings. The van der Waals surface area contributed by atoms with E-state index >= 15 is 0 Å². The summed E-state index contributed by atoms with van der Waals surface area (Å²) in [5, 5.41) is 15.3. The van der Waals surface area contributed by atoms with E-state index < -0.39 is 24.0 Å². The zero-order chi connectivity index (χ0) is 11.0. The lowest BCUT2D eigenvalue weighted by atomic mass is 10.2. The first-order valence-corrected chi connectivity index (χ1v) is 3.02. The average Bonchev–Trinajstić information content (AvgIpc) is 1.83. The van der Waals surface area contributed by atoms with E-state index in [4.69, 9.17) is 20.7 Å². The van der Waals surface area contributed by atoms with Crippen molar-refractivity contribution in [3.8, 4) is 0 Å². The quantitative estimate of drug-likeness (QED) is 0.343. The summed E-state index contributed by atoms with van der Waals surface area (Å²) in [6, 6.07) is -1.16. The van der Waals surface area contributed by atoms with E-state index in [0.29, 0.717) is 0 Å². The summed E-state index contributed by atoms with van der Waals surface area (Å²) in [4.78, 5) is 28.7. The first-order valence-electron chi connectivity index (χ1n) is 3.02. The van der Waals surface area contributed by atoms with Crippen LogP contribution in [-0.4, -0.2) is 34.2 Å². The van der Waals surface area contributed by atoms with Crippen LogP contribution in [0.15, 0.2) is 0 Å². The van der Waals surface area contributed by atoms with Gasteiger partial charge in [0.25, 0.3) is 0 Å². The van der Waals surface area contributed by atoms with E-state index in [0.717, 1.165) is 0 Å². The Labute approximate surface area is 73.3 Å². The second kappa shape index (κ2) is 6.85. The van der Waals surface area contributed by atoms with E-state index in [-0.39, 0.29) is 6.42 Å². The Hall–Kier alpha value is -1.83. The van der Waals surface area contributed by atoms with Gasteiger partial charge in [0.1, 0.15) is 6.04 Å². The molecule has 0 aromatic heterocycles. The average molecular weight is 193 g/mol. The molecule has 8 nitrogen and oxygen atoms in total. The summed E-state index contributed by atoms with van der Waals surface area (Å²) < 4.78 is 0. The SMILES string of the molecule is NC(=O)CC(N)C(=O)O.NC(=O)O. The van der Waals surface area contributed by atoms with Crippen LogP contribution >= 0.6 is 0 Å². The molecule has 0 aromatic carbocycles. The Morgan fingerprint density at radius 3 is 1.54 bits per heavy atom. The third kappa shape index (κ3) is 17.8. The van der Waals surface area contributed by atoms with Crippen molar-refractivity contribution in [3.63, 3.8) is 0 Å². The third-order valence-electron chi connectivity index (χ3n) is 0.738. The molecule has 0 radical (unpaired) electrons. The summed E-state index contributed by atoms with van der Waals surface area (Å²) in [7, 11) is 0. The molecular formula is C5H11N3O5. The highest BCUT2D eigenvalue weighted by Crippen LogP contribution is 1.84. The number of nitrogens with two attached hydrogens (primary N) is 3. The molecule has 8 N–H and O–H groups in total. The number of rotatable bonds is 3.